The van der Waals surface area contributed by atoms with Crippen LogP contribution >= 0.6 is 0 Å². The summed E-state index contributed by atoms with van der Waals surface area (Å²) < 4.78 is 0. The molecule has 3 atom stereocenters. The van der Waals surface area contributed by atoms with Gasteiger partial charge in [-0.05, 0) is 6.08 Å². The van der Waals surface area contributed by atoms with Gasteiger partial charge in [0.2, 0.25) is 0 Å². The van der Waals surface area contributed by atoms with Crippen LogP contribution in [0.1, 0.15) is 12.8 Å². The molecule has 0 bridgehead atoms. The van der Waals surface area contributed by atoms with Crippen molar-refractivity contribution in [1.82, 2.24) is 0 Å². The van der Waals surface area contributed by atoms with E-state index in [0.29, 0.717) is 6.29 Å². The maximum Gasteiger partial charge on any atom is 0.120 e. The number of aliphatic hydroxyl groups is 3. The van der Waals surface area contributed by atoms with Crippen LogP contribution in [0, 0.1) is 5.92 Å². The molecule has 0 aromatic carbocycles. The Bertz CT molecular complexity index is 199. The molecular formula is C8H12O4. The Morgan fingerprint density at radius 2 is 2.25 bits per heavy atom. The standard InChI is InChI=1S/C8H12O4/c9-2-1-6-7(11)3-5(10)4-8(6)12/h2-3,6-8,10-12H,1,4H2. The molecule has 0 radical (unpaired) electrons. The van der Waals surface area contributed by atoms with Crippen LogP contribution < -0.4 is 0 Å². The maximum atomic E-state index is 10.1. The van der Waals surface area contributed by atoms with Gasteiger partial charge in [-0.15, -0.1) is 0 Å². The molecule has 12 heavy (non-hydrogen) atoms. The number of hydrogen-bond acceptors (Lipinski definition) is 4. The summed E-state index contributed by atoms with van der Waals surface area (Å²) >= 11 is 0. The number of carbonyl (C=O) groups excluding carboxylic acids is 1. The van der Waals surface area contributed by atoms with Crippen molar-refractivity contribution in [3.63, 3.8) is 0 Å². The summed E-state index contributed by atoms with van der Waals surface area (Å²) in [6, 6.07) is 0. The predicted molar refractivity (Wildman–Crippen MR) is 41.5 cm³/mol. The molecule has 1 aliphatic carbocycles. The Hall–Kier alpha value is -0.870. The van der Waals surface area contributed by atoms with Crippen LogP contribution in [-0.2, 0) is 4.79 Å². The lowest BCUT2D eigenvalue weighted by Crippen LogP contribution is -2.35. The smallest absolute Gasteiger partial charge is 0.120 e. The van der Waals surface area contributed by atoms with Crippen molar-refractivity contribution in [2.45, 2.75) is 25.0 Å². The van der Waals surface area contributed by atoms with Gasteiger partial charge in [0.15, 0.2) is 0 Å². The number of carbonyl (C=O) groups is 1. The second-order valence-corrected chi connectivity index (χ2v) is 2.99. The second-order valence-electron chi connectivity index (χ2n) is 2.99. The van der Waals surface area contributed by atoms with Crippen LogP contribution in [0.25, 0.3) is 0 Å². The highest BCUT2D eigenvalue weighted by molar-refractivity contribution is 5.50. The average Bonchev–Trinajstić information content (AvgIpc) is 1.96. The number of aldehydes is 1. The van der Waals surface area contributed by atoms with E-state index in [2.05, 4.69) is 0 Å². The number of aliphatic hydroxyl groups excluding tert-OH is 3. The SMILES string of the molecule is O=CCC1C(O)C=C(O)CC1O. The van der Waals surface area contributed by atoms with E-state index >= 15 is 0 Å². The van der Waals surface area contributed by atoms with Gasteiger partial charge < -0.3 is 20.1 Å². The molecule has 4 heteroatoms. The van der Waals surface area contributed by atoms with Crippen LogP contribution in [0.15, 0.2) is 11.8 Å². The molecule has 3 N–H and O–H groups in total. The fraction of sp³-hybridized carbons (Fsp3) is 0.625. The summed E-state index contributed by atoms with van der Waals surface area (Å²) in [5.41, 5.74) is 0. The third kappa shape index (κ3) is 1.84. The van der Waals surface area contributed by atoms with Gasteiger partial charge in [-0.25, -0.2) is 0 Å². The zero-order chi connectivity index (χ0) is 9.14. The van der Waals surface area contributed by atoms with Crippen molar-refractivity contribution in [2.75, 3.05) is 0 Å². The Morgan fingerprint density at radius 3 is 2.75 bits per heavy atom. The van der Waals surface area contributed by atoms with E-state index < -0.39 is 18.1 Å². The first-order valence-corrected chi connectivity index (χ1v) is 3.84. The normalized spacial score (nSPS) is 35.8. The third-order valence-electron chi connectivity index (χ3n) is 2.08. The molecule has 0 aromatic rings. The predicted octanol–water partition coefficient (Wildman–Crippen LogP) is -0.241. The van der Waals surface area contributed by atoms with Gasteiger partial charge >= 0.3 is 0 Å². The minimum atomic E-state index is -0.918. The van der Waals surface area contributed by atoms with Gasteiger partial charge in [-0.3, -0.25) is 0 Å². The minimum absolute atomic E-state index is 0.0165. The summed E-state index contributed by atoms with van der Waals surface area (Å²) in [6.07, 6.45) is 0.421. The highest BCUT2D eigenvalue weighted by atomic mass is 16.3. The Kier molecular flexibility index (Phi) is 2.83. The van der Waals surface area contributed by atoms with E-state index in [1.807, 2.05) is 0 Å². The average molecular weight is 172 g/mol. The lowest BCUT2D eigenvalue weighted by molar-refractivity contribution is -0.111. The molecule has 0 aliphatic heterocycles. The Labute approximate surface area is 70.1 Å². The van der Waals surface area contributed by atoms with Gasteiger partial charge in [0.25, 0.3) is 0 Å². The third-order valence-corrected chi connectivity index (χ3v) is 2.08. The first-order valence-electron chi connectivity index (χ1n) is 3.84. The summed E-state index contributed by atoms with van der Waals surface area (Å²) in [5.74, 6) is -0.490. The van der Waals surface area contributed by atoms with Crippen molar-refractivity contribution < 1.29 is 20.1 Å². The molecule has 4 nitrogen and oxygen atoms in total. The monoisotopic (exact) mass is 172 g/mol. The van der Waals surface area contributed by atoms with Crippen LogP contribution in [0.5, 0.6) is 0 Å². The van der Waals surface area contributed by atoms with Crippen LogP contribution in [-0.4, -0.2) is 33.8 Å². The molecule has 0 aromatic heterocycles. The number of rotatable bonds is 2. The first-order chi connectivity index (χ1) is 5.65. The molecule has 68 valence electrons. The summed E-state index contributed by atoms with van der Waals surface area (Å²) in [4.78, 5) is 10.1. The summed E-state index contributed by atoms with van der Waals surface area (Å²) in [6.45, 7) is 0. The van der Waals surface area contributed by atoms with E-state index in [4.69, 9.17) is 5.11 Å². The molecule has 0 saturated carbocycles. The highest BCUT2D eigenvalue weighted by Gasteiger charge is 2.30. The van der Waals surface area contributed by atoms with Crippen LogP contribution in [0.3, 0.4) is 0 Å². The quantitative estimate of drug-likeness (QED) is 0.502. The molecular weight excluding hydrogens is 160 g/mol. The second kappa shape index (κ2) is 3.69. The zero-order valence-corrected chi connectivity index (χ0v) is 6.55. The van der Waals surface area contributed by atoms with E-state index in [0.717, 1.165) is 0 Å². The van der Waals surface area contributed by atoms with Crippen molar-refractivity contribution in [2.24, 2.45) is 5.92 Å². The Balaban J connectivity index is 2.68. The van der Waals surface area contributed by atoms with E-state index in [-0.39, 0.29) is 18.6 Å². The van der Waals surface area contributed by atoms with Gasteiger partial charge in [0.1, 0.15) is 6.29 Å². The Morgan fingerprint density at radius 1 is 1.58 bits per heavy atom. The molecule has 1 aliphatic rings. The van der Waals surface area contributed by atoms with E-state index in [1.54, 1.807) is 0 Å². The largest absolute Gasteiger partial charge is 0.512 e. The lowest BCUT2D eigenvalue weighted by atomic mass is 9.86. The lowest BCUT2D eigenvalue weighted by Gasteiger charge is -2.28. The molecule has 0 fully saturated rings. The fourth-order valence-corrected chi connectivity index (χ4v) is 1.39. The van der Waals surface area contributed by atoms with E-state index in [1.165, 1.54) is 6.08 Å². The fourth-order valence-electron chi connectivity index (χ4n) is 1.39. The van der Waals surface area contributed by atoms with Crippen molar-refractivity contribution in [3.8, 4) is 0 Å². The van der Waals surface area contributed by atoms with Crippen LogP contribution in [0.2, 0.25) is 0 Å². The first kappa shape index (κ1) is 9.22. The van der Waals surface area contributed by atoms with Gasteiger partial charge in [0.05, 0.1) is 18.0 Å². The van der Waals surface area contributed by atoms with Gasteiger partial charge in [-0.1, -0.05) is 0 Å². The van der Waals surface area contributed by atoms with E-state index in [9.17, 15) is 15.0 Å². The maximum absolute atomic E-state index is 10.1. The number of hydrogen-bond donors (Lipinski definition) is 3. The minimum Gasteiger partial charge on any atom is -0.512 e. The molecule has 0 saturated heterocycles. The molecule has 3 unspecified atom stereocenters. The van der Waals surface area contributed by atoms with Gasteiger partial charge in [-0.2, -0.15) is 0 Å². The van der Waals surface area contributed by atoms with Crippen LogP contribution in [0.4, 0.5) is 0 Å². The summed E-state index contributed by atoms with van der Waals surface area (Å²) in [5, 5.41) is 27.6. The molecule has 1 rings (SSSR count). The van der Waals surface area contributed by atoms with Gasteiger partial charge in [0, 0.05) is 18.8 Å². The topological polar surface area (TPSA) is 77.8 Å². The molecule has 0 spiro atoms. The molecule has 0 heterocycles. The zero-order valence-electron chi connectivity index (χ0n) is 6.55. The van der Waals surface area contributed by atoms with Crippen molar-refractivity contribution in [1.29, 1.82) is 0 Å². The highest BCUT2D eigenvalue weighted by Crippen LogP contribution is 2.24. The van der Waals surface area contributed by atoms with Crippen molar-refractivity contribution in [3.05, 3.63) is 11.8 Å². The molecule has 0 amide bonds. The summed E-state index contributed by atoms with van der Waals surface area (Å²) in [7, 11) is 0. The van der Waals surface area contributed by atoms with Crippen molar-refractivity contribution >= 4 is 6.29 Å².